The van der Waals surface area contributed by atoms with Gasteiger partial charge in [0.05, 0.1) is 0 Å². The molecule has 0 radical (unpaired) electrons. The summed E-state index contributed by atoms with van der Waals surface area (Å²) < 4.78 is 0. The fourth-order valence-electron chi connectivity index (χ4n) is 2.70. The van der Waals surface area contributed by atoms with Crippen molar-refractivity contribution in [1.29, 1.82) is 0 Å². The molecule has 2 N–H and O–H groups in total. The van der Waals surface area contributed by atoms with Crippen molar-refractivity contribution in [1.82, 2.24) is 0 Å². The van der Waals surface area contributed by atoms with E-state index in [0.29, 0.717) is 0 Å². The third-order valence-corrected chi connectivity index (χ3v) is 4.43. The lowest BCUT2D eigenvalue weighted by Crippen LogP contribution is -2.07. The number of carbonyl (C=O) groups excluding carboxylic acids is 2. The summed E-state index contributed by atoms with van der Waals surface area (Å²) in [5.41, 5.74) is 5.61. The molecular formula is C26H24N2O2. The molecular weight excluding hydrogens is 372 g/mol. The van der Waals surface area contributed by atoms with Crippen LogP contribution in [0.5, 0.6) is 0 Å². The predicted molar refractivity (Wildman–Crippen MR) is 124 cm³/mol. The Bertz CT molecular complexity index is 973. The average Bonchev–Trinajstić information content (AvgIpc) is 2.75. The van der Waals surface area contributed by atoms with Crippen LogP contribution in [0.15, 0.2) is 84.9 Å². The van der Waals surface area contributed by atoms with E-state index in [1.807, 2.05) is 86.6 Å². The van der Waals surface area contributed by atoms with E-state index < -0.39 is 0 Å². The van der Waals surface area contributed by atoms with Crippen molar-refractivity contribution in [3.63, 3.8) is 0 Å². The van der Waals surface area contributed by atoms with E-state index in [1.165, 1.54) is 12.2 Å². The van der Waals surface area contributed by atoms with Crippen LogP contribution in [-0.2, 0) is 9.59 Å². The molecule has 0 saturated heterocycles. The fourth-order valence-corrected chi connectivity index (χ4v) is 2.70. The summed E-state index contributed by atoms with van der Waals surface area (Å²) in [6.45, 7) is 4.00. The minimum atomic E-state index is -0.185. The normalized spacial score (nSPS) is 11.0. The van der Waals surface area contributed by atoms with E-state index in [4.69, 9.17) is 0 Å². The van der Waals surface area contributed by atoms with Gasteiger partial charge in [0.25, 0.3) is 0 Å². The van der Waals surface area contributed by atoms with Gasteiger partial charge in [-0.3, -0.25) is 9.59 Å². The lowest BCUT2D eigenvalue weighted by Gasteiger charge is -2.02. The van der Waals surface area contributed by atoms with Crippen molar-refractivity contribution in [2.24, 2.45) is 0 Å². The van der Waals surface area contributed by atoms with Gasteiger partial charge in [0.2, 0.25) is 11.8 Å². The predicted octanol–water partition coefficient (Wildman–Crippen LogP) is 5.61. The second-order valence-electron chi connectivity index (χ2n) is 7.04. The minimum Gasteiger partial charge on any atom is -0.323 e. The van der Waals surface area contributed by atoms with Gasteiger partial charge in [-0.15, -0.1) is 0 Å². The fraction of sp³-hybridized carbons (Fsp3) is 0.0769. The Morgan fingerprint density at radius 1 is 0.567 bits per heavy atom. The lowest BCUT2D eigenvalue weighted by molar-refractivity contribution is -0.112. The van der Waals surface area contributed by atoms with Crippen molar-refractivity contribution in [2.45, 2.75) is 13.8 Å². The molecule has 30 heavy (non-hydrogen) atoms. The summed E-state index contributed by atoms with van der Waals surface area (Å²) in [5, 5.41) is 5.65. The van der Waals surface area contributed by atoms with Crippen LogP contribution in [0.3, 0.4) is 0 Å². The first-order valence-corrected chi connectivity index (χ1v) is 9.69. The van der Waals surface area contributed by atoms with Gasteiger partial charge in [-0.25, -0.2) is 0 Å². The first-order chi connectivity index (χ1) is 14.5. The molecule has 3 rings (SSSR count). The highest BCUT2D eigenvalue weighted by molar-refractivity contribution is 6.02. The molecule has 2 amide bonds. The average molecular weight is 396 g/mol. The number of amides is 2. The molecule has 3 aromatic carbocycles. The maximum absolute atomic E-state index is 12.0. The third kappa shape index (κ3) is 6.60. The van der Waals surface area contributed by atoms with Gasteiger partial charge in [-0.1, -0.05) is 59.7 Å². The summed E-state index contributed by atoms with van der Waals surface area (Å²) in [5.74, 6) is -0.369. The smallest absolute Gasteiger partial charge is 0.248 e. The van der Waals surface area contributed by atoms with Gasteiger partial charge in [0, 0.05) is 23.5 Å². The maximum Gasteiger partial charge on any atom is 0.248 e. The van der Waals surface area contributed by atoms with Crippen LogP contribution in [0.25, 0.3) is 12.2 Å². The quantitative estimate of drug-likeness (QED) is 0.532. The number of carbonyl (C=O) groups is 2. The first-order valence-electron chi connectivity index (χ1n) is 9.69. The van der Waals surface area contributed by atoms with Crippen LogP contribution in [0.1, 0.15) is 22.3 Å². The van der Waals surface area contributed by atoms with Crippen LogP contribution >= 0.6 is 0 Å². The number of benzene rings is 3. The molecule has 0 heterocycles. The zero-order valence-corrected chi connectivity index (χ0v) is 17.1. The van der Waals surface area contributed by atoms with Crippen molar-refractivity contribution < 1.29 is 9.59 Å². The van der Waals surface area contributed by atoms with Crippen LogP contribution in [0.4, 0.5) is 11.4 Å². The molecule has 0 aliphatic carbocycles. The third-order valence-electron chi connectivity index (χ3n) is 4.43. The van der Waals surface area contributed by atoms with Crippen molar-refractivity contribution in [3.05, 3.63) is 107 Å². The minimum absolute atomic E-state index is 0.185. The Hall–Kier alpha value is -3.92. The maximum atomic E-state index is 12.0. The topological polar surface area (TPSA) is 58.2 Å². The molecule has 0 unspecified atom stereocenters. The second-order valence-corrected chi connectivity index (χ2v) is 7.04. The largest absolute Gasteiger partial charge is 0.323 e. The Morgan fingerprint density at radius 3 is 1.23 bits per heavy atom. The Kier molecular flexibility index (Phi) is 6.95. The lowest BCUT2D eigenvalue weighted by atomic mass is 10.1. The van der Waals surface area contributed by atoms with Gasteiger partial charge in [0.1, 0.15) is 0 Å². The van der Waals surface area contributed by atoms with E-state index >= 15 is 0 Å². The van der Waals surface area contributed by atoms with Gasteiger partial charge in [-0.05, 0) is 61.4 Å². The van der Waals surface area contributed by atoms with Crippen LogP contribution < -0.4 is 10.6 Å². The van der Waals surface area contributed by atoms with Gasteiger partial charge < -0.3 is 10.6 Å². The number of hydrogen-bond donors (Lipinski definition) is 2. The number of anilines is 2. The molecule has 0 aliphatic heterocycles. The molecule has 0 aliphatic rings. The molecule has 0 bridgehead atoms. The monoisotopic (exact) mass is 396 g/mol. The zero-order chi connectivity index (χ0) is 21.3. The molecule has 4 nitrogen and oxygen atoms in total. The summed E-state index contributed by atoms with van der Waals surface area (Å²) in [6, 6.07) is 22.9. The molecule has 0 aromatic heterocycles. The molecule has 0 saturated carbocycles. The van der Waals surface area contributed by atoms with Gasteiger partial charge >= 0.3 is 0 Å². The summed E-state index contributed by atoms with van der Waals surface area (Å²) >= 11 is 0. The first kappa shape index (κ1) is 20.8. The highest BCUT2D eigenvalue weighted by atomic mass is 16.2. The van der Waals surface area contributed by atoms with Gasteiger partial charge in [-0.2, -0.15) is 0 Å². The molecule has 0 atom stereocenters. The summed E-state index contributed by atoms with van der Waals surface area (Å²) in [7, 11) is 0. The molecule has 3 aromatic rings. The van der Waals surface area contributed by atoms with E-state index in [2.05, 4.69) is 10.6 Å². The standard InChI is InChI=1S/C26H24N2O2/c1-19-3-13-23(14-4-19)27-25(29)17-11-21-7-9-22(10-8-21)12-18-26(30)28-24-15-5-20(2)6-16-24/h3-18H,1-2H3,(H,27,29)(H,28,30)/b17-11-,18-12+. The SMILES string of the molecule is Cc1ccc(NC(=O)/C=C\c2ccc(/C=C/C(=O)Nc3ccc(C)cc3)cc2)cc1. The van der Waals surface area contributed by atoms with Crippen LogP contribution in [-0.4, -0.2) is 11.8 Å². The zero-order valence-electron chi connectivity index (χ0n) is 17.1. The van der Waals surface area contributed by atoms with Gasteiger partial charge in [0.15, 0.2) is 0 Å². The number of aryl methyl sites for hydroxylation is 2. The highest BCUT2D eigenvalue weighted by Crippen LogP contribution is 2.11. The van der Waals surface area contributed by atoms with Crippen molar-refractivity contribution >= 4 is 35.3 Å². The van der Waals surface area contributed by atoms with Crippen molar-refractivity contribution in [2.75, 3.05) is 10.6 Å². The number of nitrogens with one attached hydrogen (secondary N) is 2. The Morgan fingerprint density at radius 2 is 0.900 bits per heavy atom. The van der Waals surface area contributed by atoms with E-state index in [9.17, 15) is 9.59 Å². The Balaban J connectivity index is 1.52. The van der Waals surface area contributed by atoms with E-state index in [-0.39, 0.29) is 11.8 Å². The second kappa shape index (κ2) is 10.0. The van der Waals surface area contributed by atoms with Crippen LogP contribution in [0.2, 0.25) is 0 Å². The number of hydrogen-bond acceptors (Lipinski definition) is 2. The summed E-state index contributed by atoms with van der Waals surface area (Å²) in [6.07, 6.45) is 6.50. The highest BCUT2D eigenvalue weighted by Gasteiger charge is 1.99. The summed E-state index contributed by atoms with van der Waals surface area (Å²) in [4.78, 5) is 24.1. The van der Waals surface area contributed by atoms with Crippen LogP contribution in [0, 0.1) is 13.8 Å². The molecule has 150 valence electrons. The molecule has 4 heteroatoms. The van der Waals surface area contributed by atoms with E-state index in [0.717, 1.165) is 33.6 Å². The van der Waals surface area contributed by atoms with Crippen molar-refractivity contribution in [3.8, 4) is 0 Å². The van der Waals surface area contributed by atoms with E-state index in [1.54, 1.807) is 12.2 Å². The Labute approximate surface area is 177 Å². The molecule has 0 fully saturated rings. The number of rotatable bonds is 6. The molecule has 0 spiro atoms.